The second-order valence-electron chi connectivity index (χ2n) is 4.20. The number of imidazole rings is 1. The van der Waals surface area contributed by atoms with Crippen LogP contribution >= 0.6 is 0 Å². The molecule has 1 aromatic rings. The minimum atomic E-state index is -1.17. The van der Waals surface area contributed by atoms with Crippen molar-refractivity contribution < 1.29 is 19.3 Å². The van der Waals surface area contributed by atoms with Gasteiger partial charge in [-0.05, 0) is 19.8 Å². The summed E-state index contributed by atoms with van der Waals surface area (Å²) >= 11 is 0. The zero-order valence-electron chi connectivity index (χ0n) is 11.4. The van der Waals surface area contributed by atoms with Crippen LogP contribution in [0.3, 0.4) is 0 Å². The van der Waals surface area contributed by atoms with Gasteiger partial charge in [0.2, 0.25) is 0 Å². The zero-order chi connectivity index (χ0) is 14.0. The lowest BCUT2D eigenvalue weighted by Crippen LogP contribution is -2.30. The number of carboxylic acids is 1. The van der Waals surface area contributed by atoms with Crippen molar-refractivity contribution in [3.63, 3.8) is 0 Å². The number of hydrogen-bond acceptors (Lipinski definition) is 3. The Morgan fingerprint density at radius 1 is 1.39 bits per heavy atom. The molecule has 0 aliphatic rings. The van der Waals surface area contributed by atoms with E-state index in [2.05, 4.69) is 23.5 Å². The highest BCUT2D eigenvalue weighted by Crippen LogP contribution is 1.94. The standard InChI is InChI=1S/C8H14N2.C5H8O3/c1-3-4-5-8-9-6-7-10(8)2;1-4(6)2-3-5(7)8/h6-7H,3-5H2,1-2H3;2-3H2,1H3,(H,7,8). The van der Waals surface area contributed by atoms with Gasteiger partial charge in [0.15, 0.2) is 0 Å². The summed E-state index contributed by atoms with van der Waals surface area (Å²) in [5.41, 5.74) is 0. The second-order valence-corrected chi connectivity index (χ2v) is 4.20. The highest BCUT2D eigenvalue weighted by Gasteiger charge is 2.03. The number of rotatable bonds is 6. The molecule has 0 unspecified atom stereocenters. The summed E-state index contributed by atoms with van der Waals surface area (Å²) in [6.45, 7) is 3.56. The van der Waals surface area contributed by atoms with Crippen LogP contribution in [-0.2, 0) is 23.1 Å². The number of nitrogens with zero attached hydrogens (tertiary/aromatic N) is 1. The predicted octanol–water partition coefficient (Wildman–Crippen LogP) is 0.287. The minimum absolute atomic E-state index is 0.0856. The molecule has 5 nitrogen and oxygen atoms in total. The lowest BCUT2D eigenvalue weighted by Gasteiger charge is -1.95. The number of carboxylic acid groups (broad SMARTS) is 1. The average molecular weight is 254 g/mol. The van der Waals surface area contributed by atoms with E-state index < -0.39 is 5.97 Å². The molecule has 0 radical (unpaired) electrons. The quantitative estimate of drug-likeness (QED) is 0.741. The van der Waals surface area contributed by atoms with E-state index in [9.17, 15) is 14.7 Å². The third-order valence-electron chi connectivity index (χ3n) is 2.42. The fourth-order valence-electron chi connectivity index (χ4n) is 1.31. The van der Waals surface area contributed by atoms with Gasteiger partial charge in [-0.1, -0.05) is 13.3 Å². The molecular weight excluding hydrogens is 232 g/mol. The molecule has 1 heterocycles. The van der Waals surface area contributed by atoms with Crippen molar-refractivity contribution in [3.05, 3.63) is 18.2 Å². The third kappa shape index (κ3) is 8.50. The molecule has 0 amide bonds. The van der Waals surface area contributed by atoms with Crippen molar-refractivity contribution in [1.82, 2.24) is 4.98 Å². The van der Waals surface area contributed by atoms with Gasteiger partial charge in [-0.2, -0.15) is 0 Å². The Bertz CT molecular complexity index is 358. The zero-order valence-corrected chi connectivity index (χ0v) is 11.4. The van der Waals surface area contributed by atoms with E-state index >= 15 is 0 Å². The van der Waals surface area contributed by atoms with E-state index in [0.717, 1.165) is 0 Å². The Balaban J connectivity index is 0.000000331. The number of hydrogen-bond donors (Lipinski definition) is 1. The van der Waals surface area contributed by atoms with Gasteiger partial charge >= 0.3 is 0 Å². The molecule has 1 rings (SSSR count). The first-order valence-electron chi connectivity index (χ1n) is 6.18. The lowest BCUT2D eigenvalue weighted by atomic mass is 10.2. The average Bonchev–Trinajstić information content (AvgIpc) is 2.70. The van der Waals surface area contributed by atoms with Crippen molar-refractivity contribution in [2.24, 2.45) is 7.05 Å². The van der Waals surface area contributed by atoms with Gasteiger partial charge in [-0.3, -0.25) is 0 Å². The summed E-state index contributed by atoms with van der Waals surface area (Å²) in [5, 5.41) is 9.64. The molecular formula is C13H22N2O3. The Kier molecular flexibility index (Phi) is 8.53. The first kappa shape index (κ1) is 16.4. The molecule has 18 heavy (non-hydrogen) atoms. The molecule has 0 aromatic carbocycles. The number of carbonyl (C=O) groups excluding carboxylic acids is 2. The summed E-state index contributed by atoms with van der Waals surface area (Å²) in [6, 6.07) is 0. The van der Waals surface area contributed by atoms with Gasteiger partial charge < -0.3 is 14.7 Å². The van der Waals surface area contributed by atoms with Crippen molar-refractivity contribution >= 4 is 11.8 Å². The fourth-order valence-corrected chi connectivity index (χ4v) is 1.31. The maximum atomic E-state index is 10.1. The maximum absolute atomic E-state index is 10.1. The van der Waals surface area contributed by atoms with Crippen LogP contribution in [-0.4, -0.2) is 16.7 Å². The molecule has 102 valence electrons. The minimum Gasteiger partial charge on any atom is -0.550 e. The number of Topliss-reactive ketones (excluding diaryl/α,β-unsaturated/α-hetero) is 1. The van der Waals surface area contributed by atoms with Crippen LogP contribution in [0.4, 0.5) is 0 Å². The Morgan fingerprint density at radius 3 is 2.39 bits per heavy atom. The topological polar surface area (TPSA) is 76.9 Å². The van der Waals surface area contributed by atoms with Gasteiger partial charge in [0, 0.05) is 18.8 Å². The molecule has 1 aromatic heterocycles. The normalized spacial score (nSPS) is 9.50. The van der Waals surface area contributed by atoms with Crippen LogP contribution in [0.2, 0.25) is 0 Å². The van der Waals surface area contributed by atoms with Crippen molar-refractivity contribution in [1.29, 1.82) is 0 Å². The number of aryl methyl sites for hydroxylation is 2. The van der Waals surface area contributed by atoms with Crippen LogP contribution in [0.1, 0.15) is 45.4 Å². The third-order valence-corrected chi connectivity index (χ3v) is 2.42. The van der Waals surface area contributed by atoms with Crippen molar-refractivity contribution in [2.75, 3.05) is 0 Å². The van der Waals surface area contributed by atoms with Crippen molar-refractivity contribution in [2.45, 2.75) is 46.0 Å². The molecule has 0 bridgehead atoms. The molecule has 0 spiro atoms. The molecule has 1 N–H and O–H groups in total. The van der Waals surface area contributed by atoms with Crippen LogP contribution < -0.4 is 9.67 Å². The van der Waals surface area contributed by atoms with Crippen LogP contribution in [0.15, 0.2) is 12.4 Å². The smallest absolute Gasteiger partial charge is 0.253 e. The number of ketones is 1. The number of aliphatic carboxylic acids is 1. The highest BCUT2D eigenvalue weighted by molar-refractivity contribution is 5.79. The molecule has 0 aliphatic carbocycles. The summed E-state index contributed by atoms with van der Waals surface area (Å²) < 4.78 is 2.13. The Morgan fingerprint density at radius 2 is 2.06 bits per heavy atom. The number of unbranched alkanes of at least 4 members (excludes halogenated alkanes) is 1. The number of aromatic amines is 1. The molecule has 0 saturated carbocycles. The molecule has 5 heteroatoms. The first-order valence-corrected chi connectivity index (χ1v) is 6.18. The summed E-state index contributed by atoms with van der Waals surface area (Å²) in [6.07, 6.45) is 7.65. The van der Waals surface area contributed by atoms with E-state index in [4.69, 9.17) is 0 Å². The van der Waals surface area contributed by atoms with E-state index in [-0.39, 0.29) is 18.6 Å². The molecule has 0 fully saturated rings. The van der Waals surface area contributed by atoms with Crippen LogP contribution in [0, 0.1) is 0 Å². The van der Waals surface area contributed by atoms with Crippen LogP contribution in [0.5, 0.6) is 0 Å². The van der Waals surface area contributed by atoms with E-state index in [1.807, 2.05) is 12.4 Å². The number of aromatic nitrogens is 2. The lowest BCUT2D eigenvalue weighted by molar-refractivity contribution is -0.677. The van der Waals surface area contributed by atoms with Gasteiger partial charge in [0.05, 0.1) is 7.05 Å². The Labute approximate surface area is 108 Å². The first-order chi connectivity index (χ1) is 8.47. The van der Waals surface area contributed by atoms with Gasteiger partial charge in [0.1, 0.15) is 18.2 Å². The van der Waals surface area contributed by atoms with E-state index in [1.54, 1.807) is 0 Å². The molecule has 0 aliphatic heterocycles. The second kappa shape index (κ2) is 9.39. The molecule has 0 saturated heterocycles. The van der Waals surface area contributed by atoms with E-state index in [1.165, 1.54) is 32.0 Å². The highest BCUT2D eigenvalue weighted by atomic mass is 16.4. The monoisotopic (exact) mass is 254 g/mol. The van der Waals surface area contributed by atoms with Gasteiger partial charge in [-0.25, -0.2) is 9.55 Å². The fraction of sp³-hybridized carbons (Fsp3) is 0.615. The van der Waals surface area contributed by atoms with Crippen molar-refractivity contribution in [3.8, 4) is 0 Å². The Hall–Kier alpha value is -1.65. The largest absolute Gasteiger partial charge is 0.550 e. The molecule has 0 atom stereocenters. The maximum Gasteiger partial charge on any atom is 0.253 e. The van der Waals surface area contributed by atoms with Crippen LogP contribution in [0.25, 0.3) is 0 Å². The summed E-state index contributed by atoms with van der Waals surface area (Å²) in [5.74, 6) is 0.0382. The van der Waals surface area contributed by atoms with Gasteiger partial charge in [-0.15, -0.1) is 0 Å². The summed E-state index contributed by atoms with van der Waals surface area (Å²) in [7, 11) is 2.07. The number of carbonyl (C=O) groups is 2. The van der Waals surface area contributed by atoms with Gasteiger partial charge in [0.25, 0.3) is 5.82 Å². The number of H-pyrrole nitrogens is 1. The number of nitrogens with one attached hydrogen (secondary N) is 1. The predicted molar refractivity (Wildman–Crippen MR) is 65.5 cm³/mol. The SMILES string of the molecule is CC(=O)CCC(=O)[O-].CCCCc1[nH]cc[n+]1C. The summed E-state index contributed by atoms with van der Waals surface area (Å²) in [4.78, 5) is 22.9. The van der Waals surface area contributed by atoms with E-state index in [0.29, 0.717) is 0 Å².